The Morgan fingerprint density at radius 3 is 2.30 bits per heavy atom. The highest BCUT2D eigenvalue weighted by atomic mass is 15.3. The van der Waals surface area contributed by atoms with Gasteiger partial charge in [0.15, 0.2) is 0 Å². The lowest BCUT2D eigenvalue weighted by Gasteiger charge is -2.33. The summed E-state index contributed by atoms with van der Waals surface area (Å²) in [5.41, 5.74) is 11.5. The molecule has 154 valence electrons. The highest BCUT2D eigenvalue weighted by molar-refractivity contribution is 6.14. The van der Waals surface area contributed by atoms with Gasteiger partial charge in [-0.2, -0.15) is 0 Å². The van der Waals surface area contributed by atoms with Crippen molar-refractivity contribution in [3.63, 3.8) is 0 Å². The zero-order chi connectivity index (χ0) is 21.2. The van der Waals surface area contributed by atoms with Crippen LogP contribution in [0.25, 0.3) is 32.9 Å². The fourth-order valence-corrected chi connectivity index (χ4v) is 5.83. The second kappa shape index (κ2) is 6.97. The number of hydrogen-bond acceptors (Lipinski definition) is 2. The van der Waals surface area contributed by atoms with Crippen LogP contribution in [0.4, 0.5) is 0 Å². The molecule has 5 rings (SSSR count). The van der Waals surface area contributed by atoms with Crippen LogP contribution in [-0.4, -0.2) is 42.6 Å². The van der Waals surface area contributed by atoms with Crippen molar-refractivity contribution in [3.05, 3.63) is 70.8 Å². The summed E-state index contributed by atoms with van der Waals surface area (Å²) in [6.45, 7) is 5.59. The van der Waals surface area contributed by atoms with Crippen LogP contribution in [0.2, 0.25) is 0 Å². The Morgan fingerprint density at radius 2 is 1.60 bits per heavy atom. The van der Waals surface area contributed by atoms with Gasteiger partial charge in [0.1, 0.15) is 0 Å². The van der Waals surface area contributed by atoms with Crippen LogP contribution in [0.1, 0.15) is 35.3 Å². The maximum atomic E-state index is 2.54. The molecule has 0 spiro atoms. The first-order valence-corrected chi connectivity index (χ1v) is 10.9. The molecular formula is C27H31N3. The van der Waals surface area contributed by atoms with Crippen LogP contribution in [0.3, 0.4) is 0 Å². The standard InChI is InChI=1S/C27H31N3/c1-7-30-22-15-11-10-14-20(22)25-24(27(28(3)4)29(5)6)17(2)23-19-13-9-8-12-18(19)16-21(23)26(25)30/h8-15,27H,7,16H2,1-6H3. The molecule has 0 aliphatic heterocycles. The summed E-state index contributed by atoms with van der Waals surface area (Å²) in [6.07, 6.45) is 1.23. The molecule has 0 radical (unpaired) electrons. The van der Waals surface area contributed by atoms with E-state index in [1.807, 2.05) is 0 Å². The molecule has 0 N–H and O–H groups in total. The normalized spacial score (nSPS) is 13.2. The molecule has 4 aromatic rings. The molecule has 3 heteroatoms. The van der Waals surface area contributed by atoms with E-state index in [0.717, 1.165) is 13.0 Å². The van der Waals surface area contributed by atoms with Gasteiger partial charge in [0.2, 0.25) is 0 Å². The fraction of sp³-hybridized carbons (Fsp3) is 0.333. The van der Waals surface area contributed by atoms with Gasteiger partial charge in [0.25, 0.3) is 0 Å². The van der Waals surface area contributed by atoms with Gasteiger partial charge in [0, 0.05) is 29.3 Å². The van der Waals surface area contributed by atoms with E-state index in [1.54, 1.807) is 0 Å². The largest absolute Gasteiger partial charge is 0.340 e. The van der Waals surface area contributed by atoms with E-state index >= 15 is 0 Å². The highest BCUT2D eigenvalue weighted by Crippen LogP contribution is 2.49. The van der Waals surface area contributed by atoms with Gasteiger partial charge >= 0.3 is 0 Å². The quantitative estimate of drug-likeness (QED) is 0.354. The van der Waals surface area contributed by atoms with E-state index in [1.165, 1.54) is 55.2 Å². The summed E-state index contributed by atoms with van der Waals surface area (Å²) in [4.78, 5) is 4.68. The van der Waals surface area contributed by atoms with E-state index in [-0.39, 0.29) is 6.17 Å². The molecule has 0 saturated carbocycles. The summed E-state index contributed by atoms with van der Waals surface area (Å²) < 4.78 is 2.54. The Hall–Kier alpha value is -2.62. The second-order valence-electron chi connectivity index (χ2n) is 9.01. The topological polar surface area (TPSA) is 11.4 Å². The molecule has 1 aliphatic rings. The minimum atomic E-state index is 0.210. The first-order valence-electron chi connectivity index (χ1n) is 10.9. The van der Waals surface area contributed by atoms with Gasteiger partial charge in [-0.15, -0.1) is 0 Å². The number of para-hydroxylation sites is 1. The minimum absolute atomic E-state index is 0.210. The van der Waals surface area contributed by atoms with Crippen molar-refractivity contribution in [2.45, 2.75) is 33.0 Å². The molecule has 1 aromatic heterocycles. The molecule has 3 nitrogen and oxygen atoms in total. The lowest BCUT2D eigenvalue weighted by molar-refractivity contribution is 0.131. The van der Waals surface area contributed by atoms with E-state index in [4.69, 9.17) is 0 Å². The predicted molar refractivity (Wildman–Crippen MR) is 128 cm³/mol. The van der Waals surface area contributed by atoms with E-state index < -0.39 is 0 Å². The Balaban J connectivity index is 2.04. The minimum Gasteiger partial charge on any atom is -0.340 e. The summed E-state index contributed by atoms with van der Waals surface area (Å²) in [5, 5.41) is 2.81. The van der Waals surface area contributed by atoms with E-state index in [0.29, 0.717) is 0 Å². The molecule has 0 saturated heterocycles. The Kier molecular flexibility index (Phi) is 4.49. The molecule has 0 unspecified atom stereocenters. The molecule has 0 atom stereocenters. The smallest absolute Gasteiger partial charge is 0.0885 e. The number of aromatic nitrogens is 1. The number of benzene rings is 3. The summed E-state index contributed by atoms with van der Waals surface area (Å²) >= 11 is 0. The third-order valence-corrected chi connectivity index (χ3v) is 6.81. The monoisotopic (exact) mass is 397 g/mol. The third-order valence-electron chi connectivity index (χ3n) is 6.81. The second-order valence-corrected chi connectivity index (χ2v) is 9.01. The van der Waals surface area contributed by atoms with E-state index in [9.17, 15) is 0 Å². The van der Waals surface area contributed by atoms with Gasteiger partial charge in [0.05, 0.1) is 11.7 Å². The zero-order valence-electron chi connectivity index (χ0n) is 19.0. The maximum absolute atomic E-state index is 2.54. The van der Waals surface area contributed by atoms with Crippen LogP contribution in [0.15, 0.2) is 48.5 Å². The van der Waals surface area contributed by atoms with Crippen LogP contribution >= 0.6 is 0 Å². The highest BCUT2D eigenvalue weighted by Gasteiger charge is 2.32. The van der Waals surface area contributed by atoms with Crippen molar-refractivity contribution < 1.29 is 0 Å². The van der Waals surface area contributed by atoms with Crippen molar-refractivity contribution >= 4 is 21.8 Å². The molecule has 0 amide bonds. The van der Waals surface area contributed by atoms with Gasteiger partial charge < -0.3 is 4.57 Å². The van der Waals surface area contributed by atoms with Gasteiger partial charge in [-0.3, -0.25) is 9.80 Å². The number of rotatable bonds is 4. The molecule has 30 heavy (non-hydrogen) atoms. The Bertz CT molecular complexity index is 1270. The number of hydrogen-bond donors (Lipinski definition) is 0. The van der Waals surface area contributed by atoms with Crippen molar-refractivity contribution in [2.75, 3.05) is 28.2 Å². The lowest BCUT2D eigenvalue weighted by Crippen LogP contribution is -2.33. The van der Waals surface area contributed by atoms with Crippen LogP contribution in [-0.2, 0) is 13.0 Å². The lowest BCUT2D eigenvalue weighted by atomic mass is 9.89. The van der Waals surface area contributed by atoms with Crippen LogP contribution < -0.4 is 0 Å². The van der Waals surface area contributed by atoms with Gasteiger partial charge in [-0.05, 0) is 81.5 Å². The van der Waals surface area contributed by atoms with Crippen LogP contribution in [0, 0.1) is 6.92 Å². The van der Waals surface area contributed by atoms with Crippen molar-refractivity contribution in [1.82, 2.24) is 14.4 Å². The summed E-state index contributed by atoms with van der Waals surface area (Å²) in [6, 6.07) is 17.9. The van der Waals surface area contributed by atoms with Crippen molar-refractivity contribution in [1.29, 1.82) is 0 Å². The molecule has 0 fully saturated rings. The van der Waals surface area contributed by atoms with Crippen molar-refractivity contribution in [2.24, 2.45) is 0 Å². The van der Waals surface area contributed by atoms with E-state index in [2.05, 4.69) is 105 Å². The Labute approximate surface area is 179 Å². The van der Waals surface area contributed by atoms with Gasteiger partial charge in [-0.1, -0.05) is 42.5 Å². The average molecular weight is 398 g/mol. The molecule has 1 heterocycles. The maximum Gasteiger partial charge on any atom is 0.0885 e. The average Bonchev–Trinajstić information content (AvgIpc) is 3.26. The predicted octanol–water partition coefficient (Wildman–Crippen LogP) is 5.82. The van der Waals surface area contributed by atoms with Crippen LogP contribution in [0.5, 0.6) is 0 Å². The zero-order valence-corrected chi connectivity index (χ0v) is 19.0. The third kappa shape index (κ3) is 2.52. The Morgan fingerprint density at radius 1 is 0.933 bits per heavy atom. The van der Waals surface area contributed by atoms with Gasteiger partial charge in [-0.25, -0.2) is 0 Å². The summed E-state index contributed by atoms with van der Waals surface area (Å²) in [7, 11) is 8.76. The molecular weight excluding hydrogens is 366 g/mol. The number of fused-ring (bicyclic) bond motifs is 7. The molecule has 0 bridgehead atoms. The fourth-order valence-electron chi connectivity index (χ4n) is 5.83. The van der Waals surface area contributed by atoms with Crippen molar-refractivity contribution in [3.8, 4) is 11.1 Å². The molecule has 1 aliphatic carbocycles. The molecule has 3 aromatic carbocycles. The summed E-state index contributed by atoms with van der Waals surface area (Å²) in [5.74, 6) is 0. The number of aryl methyl sites for hydroxylation is 1. The number of nitrogens with zero attached hydrogens (tertiary/aromatic N) is 3. The first kappa shape index (κ1) is 19.3. The first-order chi connectivity index (χ1) is 14.5. The SMILES string of the molecule is CCn1c2ccccc2c2c(C(N(C)C)N(C)C)c(C)c3c(c21)Cc1ccccc1-3.